The molecule has 1 aromatic heterocycles. The molecule has 2 aromatic carbocycles. The van der Waals surface area contributed by atoms with Crippen molar-refractivity contribution in [3.63, 3.8) is 0 Å². The molecule has 1 amide bonds. The molecular formula is C24H27N3O3. The highest BCUT2D eigenvalue weighted by atomic mass is 16.5. The summed E-state index contributed by atoms with van der Waals surface area (Å²) in [5, 5.41) is 13.3. The van der Waals surface area contributed by atoms with E-state index in [1.165, 1.54) is 11.1 Å². The molecule has 0 bridgehead atoms. The van der Waals surface area contributed by atoms with Crippen molar-refractivity contribution in [2.45, 2.75) is 19.1 Å². The predicted molar refractivity (Wildman–Crippen MR) is 117 cm³/mol. The molecule has 4 rings (SSSR count). The number of anilines is 1. The fourth-order valence-electron chi connectivity index (χ4n) is 3.81. The first kappa shape index (κ1) is 20.2. The Hall–Kier alpha value is -3.09. The number of aryl methyl sites for hydroxylation is 1. The standard InChI is InChI=1S/C24H27N3O3/c1-26-12-5-10-23(26)24(29)25-20-8-4-9-22(14-20)30-17-21(28)16-27-13-11-18-6-2-3-7-19(18)15-27/h2-10,12,14,21,28H,11,13,15-17H2,1H3,(H,25,29). The summed E-state index contributed by atoms with van der Waals surface area (Å²) in [5.74, 6) is 0.438. The fraction of sp³-hybridized carbons (Fsp3) is 0.292. The molecule has 1 unspecified atom stereocenters. The lowest BCUT2D eigenvalue weighted by atomic mass is 10.00. The highest BCUT2D eigenvalue weighted by molar-refractivity contribution is 6.03. The van der Waals surface area contributed by atoms with Gasteiger partial charge in [0.1, 0.15) is 24.2 Å². The summed E-state index contributed by atoms with van der Waals surface area (Å²) in [5.41, 5.74) is 3.97. The first-order valence-corrected chi connectivity index (χ1v) is 10.2. The molecule has 2 N–H and O–H groups in total. The maximum absolute atomic E-state index is 12.4. The number of hydrogen-bond acceptors (Lipinski definition) is 4. The molecule has 0 saturated heterocycles. The highest BCUT2D eigenvalue weighted by Gasteiger charge is 2.18. The summed E-state index contributed by atoms with van der Waals surface area (Å²) in [6.45, 7) is 2.56. The minimum atomic E-state index is -0.586. The number of fused-ring (bicyclic) bond motifs is 1. The van der Waals surface area contributed by atoms with E-state index in [0.29, 0.717) is 23.7 Å². The van der Waals surface area contributed by atoms with Crippen molar-refractivity contribution in [2.24, 2.45) is 7.05 Å². The molecule has 0 spiro atoms. The van der Waals surface area contributed by atoms with E-state index < -0.39 is 6.10 Å². The lowest BCUT2D eigenvalue weighted by molar-refractivity contribution is 0.0638. The van der Waals surface area contributed by atoms with Crippen LogP contribution in [0.3, 0.4) is 0 Å². The lowest BCUT2D eigenvalue weighted by Crippen LogP contribution is -2.38. The van der Waals surface area contributed by atoms with Gasteiger partial charge in [-0.25, -0.2) is 0 Å². The Morgan fingerprint density at radius 2 is 1.97 bits per heavy atom. The monoisotopic (exact) mass is 405 g/mol. The Morgan fingerprint density at radius 3 is 2.77 bits per heavy atom. The minimum absolute atomic E-state index is 0.176. The third-order valence-electron chi connectivity index (χ3n) is 5.39. The van der Waals surface area contributed by atoms with Crippen LogP contribution >= 0.6 is 0 Å². The molecule has 156 valence electrons. The molecule has 1 aliphatic heterocycles. The normalized spacial score (nSPS) is 14.7. The molecule has 6 heteroatoms. The number of hydrogen-bond donors (Lipinski definition) is 2. The van der Waals surface area contributed by atoms with E-state index in [-0.39, 0.29) is 12.5 Å². The predicted octanol–water partition coefficient (Wildman–Crippen LogP) is 3.08. The van der Waals surface area contributed by atoms with Gasteiger partial charge in [-0.3, -0.25) is 9.69 Å². The van der Waals surface area contributed by atoms with Crippen LogP contribution in [0.1, 0.15) is 21.6 Å². The van der Waals surface area contributed by atoms with Crippen LogP contribution < -0.4 is 10.1 Å². The van der Waals surface area contributed by atoms with Crippen LogP contribution in [0.25, 0.3) is 0 Å². The molecule has 2 heterocycles. The Kier molecular flexibility index (Phi) is 6.16. The first-order chi connectivity index (χ1) is 14.6. The Labute approximate surface area is 176 Å². The molecule has 0 fully saturated rings. The molecular weight excluding hydrogens is 378 g/mol. The van der Waals surface area contributed by atoms with Gasteiger partial charge in [-0.2, -0.15) is 0 Å². The smallest absolute Gasteiger partial charge is 0.272 e. The van der Waals surface area contributed by atoms with Gasteiger partial charge in [-0.05, 0) is 41.8 Å². The van der Waals surface area contributed by atoms with E-state index in [4.69, 9.17) is 4.74 Å². The molecule has 0 radical (unpaired) electrons. The van der Waals surface area contributed by atoms with Gasteiger partial charge >= 0.3 is 0 Å². The number of carbonyl (C=O) groups is 1. The number of nitrogens with zero attached hydrogens (tertiary/aromatic N) is 2. The number of carbonyl (C=O) groups excluding carboxylic acids is 1. The SMILES string of the molecule is Cn1cccc1C(=O)Nc1cccc(OCC(O)CN2CCc3ccccc3C2)c1. The number of aliphatic hydroxyl groups is 1. The van der Waals surface area contributed by atoms with Gasteiger partial charge in [0.05, 0.1) is 0 Å². The highest BCUT2D eigenvalue weighted by Crippen LogP contribution is 2.20. The van der Waals surface area contributed by atoms with Gasteiger partial charge in [-0.1, -0.05) is 30.3 Å². The summed E-state index contributed by atoms with van der Waals surface area (Å²) in [6, 6.07) is 19.3. The number of amides is 1. The van der Waals surface area contributed by atoms with E-state index >= 15 is 0 Å². The Morgan fingerprint density at radius 1 is 1.13 bits per heavy atom. The molecule has 3 aromatic rings. The summed E-state index contributed by atoms with van der Waals surface area (Å²) in [4.78, 5) is 14.6. The number of β-amino-alcohol motifs (C(OH)–C–C–N with tert-alkyl or cyclic N) is 1. The molecule has 0 saturated carbocycles. The summed E-state index contributed by atoms with van der Waals surface area (Å²) >= 11 is 0. The third kappa shape index (κ3) is 4.90. The molecule has 30 heavy (non-hydrogen) atoms. The number of aliphatic hydroxyl groups excluding tert-OH is 1. The van der Waals surface area contributed by atoms with E-state index in [0.717, 1.165) is 19.5 Å². The summed E-state index contributed by atoms with van der Waals surface area (Å²) in [6.07, 6.45) is 2.25. The number of benzene rings is 2. The minimum Gasteiger partial charge on any atom is -0.491 e. The van der Waals surface area contributed by atoms with Crippen LogP contribution in [-0.4, -0.2) is 46.3 Å². The van der Waals surface area contributed by atoms with Crippen molar-refractivity contribution in [3.8, 4) is 5.75 Å². The van der Waals surface area contributed by atoms with Crippen molar-refractivity contribution >= 4 is 11.6 Å². The average Bonchev–Trinajstić information content (AvgIpc) is 3.18. The van der Waals surface area contributed by atoms with Crippen molar-refractivity contribution in [1.29, 1.82) is 0 Å². The zero-order chi connectivity index (χ0) is 20.9. The Balaban J connectivity index is 1.28. The maximum atomic E-state index is 12.4. The van der Waals surface area contributed by atoms with Crippen molar-refractivity contribution < 1.29 is 14.6 Å². The number of nitrogens with one attached hydrogen (secondary N) is 1. The second kappa shape index (κ2) is 9.15. The van der Waals surface area contributed by atoms with Crippen LogP contribution in [0.4, 0.5) is 5.69 Å². The van der Waals surface area contributed by atoms with E-state index in [1.54, 1.807) is 16.7 Å². The van der Waals surface area contributed by atoms with Crippen LogP contribution in [0.15, 0.2) is 66.9 Å². The second-order valence-corrected chi connectivity index (χ2v) is 7.70. The van der Waals surface area contributed by atoms with Gasteiger partial charge in [0.2, 0.25) is 0 Å². The van der Waals surface area contributed by atoms with Crippen LogP contribution in [0.5, 0.6) is 5.75 Å². The van der Waals surface area contributed by atoms with Gasteiger partial charge in [0.15, 0.2) is 0 Å². The van der Waals surface area contributed by atoms with Crippen LogP contribution in [0, 0.1) is 0 Å². The zero-order valence-corrected chi connectivity index (χ0v) is 17.1. The lowest BCUT2D eigenvalue weighted by Gasteiger charge is -2.30. The van der Waals surface area contributed by atoms with Gasteiger partial charge in [-0.15, -0.1) is 0 Å². The van der Waals surface area contributed by atoms with Crippen LogP contribution in [-0.2, 0) is 20.0 Å². The van der Waals surface area contributed by atoms with E-state index in [1.807, 2.05) is 37.5 Å². The largest absolute Gasteiger partial charge is 0.491 e. The third-order valence-corrected chi connectivity index (χ3v) is 5.39. The van der Waals surface area contributed by atoms with E-state index in [2.05, 4.69) is 34.5 Å². The molecule has 0 aliphatic carbocycles. The number of rotatable bonds is 7. The molecule has 1 aliphatic rings. The van der Waals surface area contributed by atoms with Crippen molar-refractivity contribution in [2.75, 3.05) is 25.0 Å². The fourth-order valence-corrected chi connectivity index (χ4v) is 3.81. The van der Waals surface area contributed by atoms with Gasteiger partial charge in [0.25, 0.3) is 5.91 Å². The number of aromatic nitrogens is 1. The second-order valence-electron chi connectivity index (χ2n) is 7.70. The van der Waals surface area contributed by atoms with Gasteiger partial charge < -0.3 is 19.7 Å². The maximum Gasteiger partial charge on any atom is 0.272 e. The van der Waals surface area contributed by atoms with Gasteiger partial charge in [0, 0.05) is 44.6 Å². The Bertz CT molecular complexity index is 1010. The topological polar surface area (TPSA) is 66.7 Å². The first-order valence-electron chi connectivity index (χ1n) is 10.2. The summed E-state index contributed by atoms with van der Waals surface area (Å²) in [7, 11) is 1.83. The average molecular weight is 405 g/mol. The van der Waals surface area contributed by atoms with Crippen molar-refractivity contribution in [3.05, 3.63) is 83.7 Å². The summed E-state index contributed by atoms with van der Waals surface area (Å²) < 4.78 is 7.55. The number of ether oxygens (including phenoxy) is 1. The zero-order valence-electron chi connectivity index (χ0n) is 17.1. The van der Waals surface area contributed by atoms with Crippen molar-refractivity contribution in [1.82, 2.24) is 9.47 Å². The quantitative estimate of drug-likeness (QED) is 0.634. The van der Waals surface area contributed by atoms with Crippen LogP contribution in [0.2, 0.25) is 0 Å². The molecule has 1 atom stereocenters. The van der Waals surface area contributed by atoms with E-state index in [9.17, 15) is 9.90 Å². The molecule has 6 nitrogen and oxygen atoms in total.